The number of hydrogen-bond acceptors (Lipinski definition) is 3. The minimum atomic E-state index is -4.69. The number of rotatable bonds is 2. The first-order valence-corrected chi connectivity index (χ1v) is 8.70. The molecular weight excluding hydrogens is 388 g/mol. The van der Waals surface area contributed by atoms with E-state index in [0.717, 1.165) is 24.2 Å². The molecule has 4 rings (SSSR count). The third-order valence-corrected chi connectivity index (χ3v) is 5.10. The van der Waals surface area contributed by atoms with Gasteiger partial charge in [-0.05, 0) is 47.9 Å². The second-order valence-corrected chi connectivity index (χ2v) is 7.21. The van der Waals surface area contributed by atoms with E-state index in [9.17, 15) is 13.2 Å². The van der Waals surface area contributed by atoms with E-state index in [1.165, 1.54) is 18.2 Å². The lowest BCUT2D eigenvalue weighted by Crippen LogP contribution is -2.42. The van der Waals surface area contributed by atoms with Crippen molar-refractivity contribution in [2.75, 3.05) is 11.9 Å². The van der Waals surface area contributed by atoms with E-state index in [-0.39, 0.29) is 21.3 Å². The molecule has 0 bridgehead atoms. The fourth-order valence-corrected chi connectivity index (χ4v) is 3.86. The molecule has 8 heteroatoms. The Morgan fingerprint density at radius 3 is 2.50 bits per heavy atom. The monoisotopic (exact) mass is 400 g/mol. The van der Waals surface area contributed by atoms with Crippen molar-refractivity contribution in [1.82, 2.24) is 0 Å². The van der Waals surface area contributed by atoms with E-state index in [0.29, 0.717) is 5.56 Å². The molecule has 1 unspecified atom stereocenters. The zero-order chi connectivity index (χ0) is 18.5. The highest BCUT2D eigenvalue weighted by Gasteiger charge is 2.62. The molecule has 0 fully saturated rings. The van der Waals surface area contributed by atoms with Gasteiger partial charge in [0.1, 0.15) is 0 Å². The summed E-state index contributed by atoms with van der Waals surface area (Å²) >= 11 is 11.8. The molecule has 2 aliphatic heterocycles. The van der Waals surface area contributed by atoms with Gasteiger partial charge in [-0.3, -0.25) is 0 Å². The Labute approximate surface area is 157 Å². The number of benzene rings is 2. The Balaban J connectivity index is 1.73. The number of fused-ring (bicyclic) bond motifs is 1. The van der Waals surface area contributed by atoms with Crippen molar-refractivity contribution in [2.45, 2.75) is 24.6 Å². The zero-order valence-corrected chi connectivity index (χ0v) is 14.8. The predicted molar refractivity (Wildman–Crippen MR) is 95.1 cm³/mol. The van der Waals surface area contributed by atoms with Crippen LogP contribution < -0.4 is 5.32 Å². The molecule has 1 atom stereocenters. The first-order valence-electron chi connectivity index (χ1n) is 7.94. The molecule has 2 aromatic rings. The standard InChI is InChI=1S/C18H13Cl2F3N2O/c19-13-6-12(7-14(20)8-13)17(18(21,22)23)9-16(25-26-17)10-1-2-15-11(5-10)3-4-24-15/h1-2,5-8,24H,3-4,9H2. The van der Waals surface area contributed by atoms with Crippen molar-refractivity contribution in [3.63, 3.8) is 0 Å². The lowest BCUT2D eigenvalue weighted by Gasteiger charge is -2.29. The first kappa shape index (κ1) is 17.5. The van der Waals surface area contributed by atoms with Crippen LogP contribution in [0, 0.1) is 0 Å². The van der Waals surface area contributed by atoms with Crippen LogP contribution in [0.25, 0.3) is 0 Å². The van der Waals surface area contributed by atoms with E-state index in [4.69, 9.17) is 28.0 Å². The van der Waals surface area contributed by atoms with Gasteiger partial charge in [0.15, 0.2) is 0 Å². The Morgan fingerprint density at radius 2 is 1.81 bits per heavy atom. The third-order valence-electron chi connectivity index (χ3n) is 4.66. The largest absolute Gasteiger partial charge is 0.435 e. The molecule has 0 saturated heterocycles. The Morgan fingerprint density at radius 1 is 1.08 bits per heavy atom. The topological polar surface area (TPSA) is 33.6 Å². The van der Waals surface area contributed by atoms with E-state index in [2.05, 4.69) is 10.5 Å². The number of nitrogens with zero attached hydrogens (tertiary/aromatic N) is 1. The summed E-state index contributed by atoms with van der Waals surface area (Å²) < 4.78 is 41.9. The summed E-state index contributed by atoms with van der Waals surface area (Å²) in [5, 5.41) is 7.21. The van der Waals surface area contributed by atoms with Gasteiger partial charge in [0.2, 0.25) is 0 Å². The quantitative estimate of drug-likeness (QED) is 0.717. The number of alkyl halides is 3. The minimum Gasteiger partial charge on any atom is -0.384 e. The first-order chi connectivity index (χ1) is 12.3. The lowest BCUT2D eigenvalue weighted by molar-refractivity contribution is -0.275. The fourth-order valence-electron chi connectivity index (χ4n) is 3.33. The molecule has 136 valence electrons. The van der Waals surface area contributed by atoms with Crippen LogP contribution >= 0.6 is 23.2 Å². The maximum atomic E-state index is 14.0. The van der Waals surface area contributed by atoms with Gasteiger partial charge in [0.25, 0.3) is 5.60 Å². The molecule has 2 aromatic carbocycles. The van der Waals surface area contributed by atoms with Crippen LogP contribution in [0.5, 0.6) is 0 Å². The summed E-state index contributed by atoms with van der Waals surface area (Å²) in [4.78, 5) is 5.02. The average molecular weight is 401 g/mol. The van der Waals surface area contributed by atoms with Crippen LogP contribution in [0.3, 0.4) is 0 Å². The van der Waals surface area contributed by atoms with Crippen LogP contribution in [-0.2, 0) is 16.9 Å². The van der Waals surface area contributed by atoms with E-state index < -0.39 is 18.2 Å². The molecule has 0 aromatic heterocycles. The molecule has 0 spiro atoms. The zero-order valence-electron chi connectivity index (χ0n) is 13.3. The van der Waals surface area contributed by atoms with Crippen LogP contribution in [0.4, 0.5) is 18.9 Å². The van der Waals surface area contributed by atoms with Gasteiger partial charge in [0, 0.05) is 34.3 Å². The van der Waals surface area contributed by atoms with Gasteiger partial charge in [-0.1, -0.05) is 34.4 Å². The highest BCUT2D eigenvalue weighted by molar-refractivity contribution is 6.34. The second kappa shape index (κ2) is 6.06. The van der Waals surface area contributed by atoms with Crippen molar-refractivity contribution >= 4 is 34.6 Å². The molecule has 0 amide bonds. The summed E-state index contributed by atoms with van der Waals surface area (Å²) in [6.07, 6.45) is -4.31. The van der Waals surface area contributed by atoms with Crippen LogP contribution in [0.1, 0.15) is 23.1 Å². The molecule has 0 radical (unpaired) electrons. The summed E-state index contributed by atoms with van der Waals surface area (Å²) in [6, 6.07) is 9.26. The van der Waals surface area contributed by atoms with Crippen molar-refractivity contribution in [3.05, 3.63) is 63.1 Å². The average Bonchev–Trinajstić information content (AvgIpc) is 3.20. The number of nitrogens with one attached hydrogen (secondary N) is 1. The van der Waals surface area contributed by atoms with E-state index >= 15 is 0 Å². The van der Waals surface area contributed by atoms with Gasteiger partial charge in [-0.2, -0.15) is 13.2 Å². The van der Waals surface area contributed by atoms with Gasteiger partial charge in [-0.25, -0.2) is 0 Å². The SMILES string of the molecule is FC(F)(F)C1(c2cc(Cl)cc(Cl)c2)CC(c2ccc3c(c2)CCN3)=NO1. The molecule has 0 aliphatic carbocycles. The highest BCUT2D eigenvalue weighted by Crippen LogP contribution is 2.49. The van der Waals surface area contributed by atoms with Gasteiger partial charge >= 0.3 is 6.18 Å². The van der Waals surface area contributed by atoms with Gasteiger partial charge < -0.3 is 10.2 Å². The minimum absolute atomic E-state index is 0.108. The van der Waals surface area contributed by atoms with Crippen molar-refractivity contribution in [2.24, 2.45) is 5.16 Å². The number of oxime groups is 1. The molecule has 26 heavy (non-hydrogen) atoms. The second-order valence-electron chi connectivity index (χ2n) is 6.34. The van der Waals surface area contributed by atoms with Crippen LogP contribution in [0.15, 0.2) is 41.6 Å². The Bertz CT molecular complexity index is 894. The number of halogens is 5. The van der Waals surface area contributed by atoms with Gasteiger partial charge in [0.05, 0.1) is 5.71 Å². The normalized spacial score (nSPS) is 21.8. The van der Waals surface area contributed by atoms with E-state index in [1.54, 1.807) is 6.07 Å². The summed E-state index contributed by atoms with van der Waals surface area (Å²) in [5.74, 6) is 0. The van der Waals surface area contributed by atoms with Crippen molar-refractivity contribution < 1.29 is 18.0 Å². The molecule has 3 nitrogen and oxygen atoms in total. The molecule has 0 saturated carbocycles. The highest BCUT2D eigenvalue weighted by atomic mass is 35.5. The third kappa shape index (κ3) is 2.81. The predicted octanol–water partition coefficient (Wildman–Crippen LogP) is 5.54. The molecule has 2 aliphatic rings. The fraction of sp³-hybridized carbons (Fsp3) is 0.278. The van der Waals surface area contributed by atoms with E-state index in [1.807, 2.05) is 12.1 Å². The maximum Gasteiger partial charge on any atom is 0.435 e. The summed E-state index contributed by atoms with van der Waals surface area (Å²) in [7, 11) is 0. The summed E-state index contributed by atoms with van der Waals surface area (Å²) in [5.41, 5.74) is 0.148. The van der Waals surface area contributed by atoms with Crippen LogP contribution in [-0.4, -0.2) is 18.4 Å². The smallest absolute Gasteiger partial charge is 0.384 e. The van der Waals surface area contributed by atoms with Gasteiger partial charge in [-0.15, -0.1) is 0 Å². The number of anilines is 1. The molecular formula is C18H13Cl2F3N2O. The van der Waals surface area contributed by atoms with Crippen molar-refractivity contribution in [1.29, 1.82) is 0 Å². The molecule has 2 heterocycles. The Kier molecular flexibility index (Phi) is 4.08. The Hall–Kier alpha value is -1.92. The van der Waals surface area contributed by atoms with Crippen molar-refractivity contribution in [3.8, 4) is 0 Å². The molecule has 1 N–H and O–H groups in total. The van der Waals surface area contributed by atoms with Crippen LogP contribution in [0.2, 0.25) is 10.0 Å². The number of hydrogen-bond donors (Lipinski definition) is 1. The lowest BCUT2D eigenvalue weighted by atomic mass is 9.86. The maximum absolute atomic E-state index is 14.0. The summed E-state index contributed by atoms with van der Waals surface area (Å²) in [6.45, 7) is 0.815.